The fourth-order valence-corrected chi connectivity index (χ4v) is 14.1. The van der Waals surface area contributed by atoms with Crippen molar-refractivity contribution < 1.29 is 68.9 Å². The number of rotatable bonds is 27. The van der Waals surface area contributed by atoms with Crippen LogP contribution in [-0.2, 0) is 82.4 Å². The summed E-state index contributed by atoms with van der Waals surface area (Å²) in [7, 11) is 5.51. The summed E-state index contributed by atoms with van der Waals surface area (Å²) in [4.78, 5) is 74.9. The van der Waals surface area contributed by atoms with Crippen LogP contribution in [0.2, 0.25) is 0 Å². The molecule has 4 amide bonds. The molecule has 4 aliphatic rings. The monoisotopic (exact) mass is 1390 g/mol. The third-order valence-corrected chi connectivity index (χ3v) is 20.3. The molecule has 3 heterocycles. The van der Waals surface area contributed by atoms with Gasteiger partial charge in [-0.05, 0) is 159 Å². The highest BCUT2D eigenvalue weighted by Gasteiger charge is 2.50. The zero-order valence-electron chi connectivity index (χ0n) is 58.2. The molecule has 0 radical (unpaired) electrons. The first-order valence-electron chi connectivity index (χ1n) is 35.1. The number of hydrogen-bond acceptors (Lipinski definition) is 10. The Bertz CT molecular complexity index is 3640. The molecule has 1 aliphatic carbocycles. The van der Waals surface area contributed by atoms with E-state index in [4.69, 9.17) is 14.2 Å². The Hall–Kier alpha value is -7.98. The molecule has 0 unspecified atom stereocenters. The van der Waals surface area contributed by atoms with Gasteiger partial charge in [0.25, 0.3) is 5.91 Å². The van der Waals surface area contributed by atoms with Crippen molar-refractivity contribution in [1.29, 1.82) is 0 Å². The molecule has 3 saturated heterocycles. The van der Waals surface area contributed by atoms with Crippen LogP contribution in [0.15, 0.2) is 146 Å². The van der Waals surface area contributed by atoms with E-state index < -0.39 is 53.1 Å². The van der Waals surface area contributed by atoms with Gasteiger partial charge >= 0.3 is 18.3 Å². The van der Waals surface area contributed by atoms with Gasteiger partial charge in [0.15, 0.2) is 0 Å². The highest BCUT2D eigenvalue weighted by Crippen LogP contribution is 2.48. The van der Waals surface area contributed by atoms with E-state index in [1.807, 2.05) is 74.4 Å². The fourth-order valence-electron chi connectivity index (χ4n) is 14.1. The van der Waals surface area contributed by atoms with Gasteiger partial charge < -0.3 is 43.6 Å². The van der Waals surface area contributed by atoms with Crippen molar-refractivity contribution in [2.24, 2.45) is 0 Å². The predicted molar refractivity (Wildman–Crippen MR) is 370 cm³/mol. The van der Waals surface area contributed by atoms with Crippen molar-refractivity contribution in [2.75, 3.05) is 99.9 Å². The summed E-state index contributed by atoms with van der Waals surface area (Å²) in [5.41, 5.74) is 3.04. The van der Waals surface area contributed by atoms with Gasteiger partial charge in [-0.1, -0.05) is 135 Å². The van der Waals surface area contributed by atoms with Crippen LogP contribution in [0.4, 0.5) is 30.7 Å². The smallest absolute Gasteiger partial charge is 0.416 e. The summed E-state index contributed by atoms with van der Waals surface area (Å²) in [6.07, 6.45) is 1.20. The molecule has 0 saturated carbocycles. The minimum absolute atomic E-state index is 0.0147. The van der Waals surface area contributed by atoms with Gasteiger partial charge in [0, 0.05) is 84.4 Å². The Balaban J connectivity index is 0.000000234. The number of alkyl halides is 6. The standard InChI is InChI=1S/C41H55N3O4.C38H40F7N3O4/c1-4-26-42(2)40(46)31-34-22-20-33(21-23-34)14-8-5-6-11-19-39(45)43(3)29-30-44-27-24-37(25-28-44)48-41(47)32-36-17-12-13-18-38(36)35-15-9-7-10-16-35;1-3-46(2)33(49)22-51-32-20-25-6-4-5-7-31(25)35(32)12-15-47(16-13-35)17-14-36(27-8-10-30(39)11-9-27)23-48(24-52-36)34(50)26-18-28(37(40,41)42)21-29(19-26)38(43,44)45/h7,9-10,12-13,15-18,20-23,37H,4-6,8,11,14,19,24-32H2,1-3H3;4-11,18-19,21,32H,3,12-17,20,22-24H2,1-2H3/t;32-,36-/m.0/s1. The number of amides is 4. The zero-order chi connectivity index (χ0) is 71.6. The molecule has 0 aromatic heterocycles. The minimum atomic E-state index is -5.11. The molecule has 6 aromatic rings. The summed E-state index contributed by atoms with van der Waals surface area (Å²) < 4.78 is 114. The summed E-state index contributed by atoms with van der Waals surface area (Å²) in [5.74, 6) is -1.43. The van der Waals surface area contributed by atoms with E-state index in [9.17, 15) is 54.7 Å². The maximum atomic E-state index is 14.0. The third-order valence-electron chi connectivity index (χ3n) is 20.3. The molecule has 538 valence electrons. The molecular weight excluding hydrogens is 1290 g/mol. The SMILES string of the molecule is CCCN(C)C(=O)Cc1ccc(CCCCCCC(=O)N(C)CCN2CCC(OC(=O)Cc3ccccc3-c3ccccc3)CC2)cc1.CCN(C)C(=O)CO[C@H]1Cc2ccccc2C12CCN(CC[C@@]1(c3ccc(F)cc3)CN(C(=O)c3cc(C(F)(F)F)cc(C(F)(F)F)c3)CO1)CC2. The molecule has 3 fully saturated rings. The van der Waals surface area contributed by atoms with Crippen molar-refractivity contribution >= 4 is 29.6 Å². The molecule has 100 heavy (non-hydrogen) atoms. The minimum Gasteiger partial charge on any atom is -0.462 e. The average molecular weight is 1390 g/mol. The second kappa shape index (κ2) is 35.1. The zero-order valence-corrected chi connectivity index (χ0v) is 58.2. The number of hydrogen-bond donors (Lipinski definition) is 0. The van der Waals surface area contributed by atoms with E-state index in [0.717, 1.165) is 124 Å². The lowest BCUT2D eigenvalue weighted by Crippen LogP contribution is -2.49. The number of carbonyl (C=O) groups excluding carboxylic acids is 5. The van der Waals surface area contributed by atoms with E-state index in [1.165, 1.54) is 41.0 Å². The normalized spacial score (nSPS) is 17.9. The van der Waals surface area contributed by atoms with E-state index in [2.05, 4.69) is 71.3 Å². The van der Waals surface area contributed by atoms with Crippen molar-refractivity contribution in [1.82, 2.24) is 29.4 Å². The number of halogens is 7. The number of aryl methyl sites for hydroxylation is 1. The van der Waals surface area contributed by atoms with Crippen molar-refractivity contribution in [3.63, 3.8) is 0 Å². The van der Waals surface area contributed by atoms with E-state index in [1.54, 1.807) is 16.8 Å². The summed E-state index contributed by atoms with van der Waals surface area (Å²) in [6, 6.07) is 41.1. The van der Waals surface area contributed by atoms with Crippen LogP contribution in [0, 0.1) is 5.82 Å². The van der Waals surface area contributed by atoms with Crippen molar-refractivity contribution in [3.05, 3.63) is 201 Å². The fraction of sp³-hybridized carbons (Fsp3) is 0.481. The Morgan fingerprint density at radius 2 is 1.25 bits per heavy atom. The molecule has 21 heteroatoms. The number of unbranched alkanes of at least 4 members (excludes halogenated alkanes) is 3. The van der Waals surface area contributed by atoms with Gasteiger partial charge in [-0.3, -0.25) is 24.0 Å². The molecule has 0 N–H and O–H groups in total. The first-order chi connectivity index (χ1) is 47.9. The first-order valence-corrected chi connectivity index (χ1v) is 35.1. The number of carbonyl (C=O) groups is 5. The highest BCUT2D eigenvalue weighted by atomic mass is 19.4. The number of likely N-dealkylation sites (N-methyl/N-ethyl adjacent to an activating group) is 3. The number of likely N-dealkylation sites (tertiary alicyclic amines) is 2. The van der Waals surface area contributed by atoms with Gasteiger partial charge in [0.2, 0.25) is 17.7 Å². The van der Waals surface area contributed by atoms with Crippen LogP contribution >= 0.6 is 0 Å². The molecule has 0 bridgehead atoms. The lowest BCUT2D eigenvalue weighted by atomic mass is 9.72. The second-order valence-electron chi connectivity index (χ2n) is 27.2. The number of fused-ring (bicyclic) bond motifs is 2. The van der Waals surface area contributed by atoms with Gasteiger partial charge in [-0.25, -0.2) is 4.39 Å². The van der Waals surface area contributed by atoms with Crippen LogP contribution in [0.1, 0.15) is 139 Å². The number of nitrogens with zero attached hydrogens (tertiary/aromatic N) is 6. The summed E-state index contributed by atoms with van der Waals surface area (Å²) >= 11 is 0. The third kappa shape index (κ3) is 20.4. The molecule has 14 nitrogen and oxygen atoms in total. The molecule has 2 atom stereocenters. The number of benzene rings is 6. The highest BCUT2D eigenvalue weighted by molar-refractivity contribution is 5.95. The number of ether oxygens (including phenoxy) is 3. The average Bonchev–Trinajstić information content (AvgIpc) is 1.58. The van der Waals surface area contributed by atoms with Crippen LogP contribution < -0.4 is 0 Å². The molecule has 1 spiro atoms. The van der Waals surface area contributed by atoms with E-state index in [0.29, 0.717) is 69.6 Å². The lowest BCUT2D eigenvalue weighted by molar-refractivity contribution is -0.150. The Kier molecular flexibility index (Phi) is 26.7. The van der Waals surface area contributed by atoms with Crippen molar-refractivity contribution in [2.45, 2.75) is 146 Å². The lowest BCUT2D eigenvalue weighted by Gasteiger charge is -2.44. The maximum Gasteiger partial charge on any atom is 0.416 e. The predicted octanol–water partition coefficient (Wildman–Crippen LogP) is 14.0. The number of esters is 1. The molecule has 3 aliphatic heterocycles. The van der Waals surface area contributed by atoms with Gasteiger partial charge in [-0.2, -0.15) is 26.3 Å². The summed E-state index contributed by atoms with van der Waals surface area (Å²) in [5, 5.41) is 0. The number of piperidine rings is 2. The topological polar surface area (TPSA) is 132 Å². The first kappa shape index (κ1) is 76.2. The largest absolute Gasteiger partial charge is 0.462 e. The molecule has 10 rings (SSSR count). The van der Waals surface area contributed by atoms with Crippen LogP contribution in [0.3, 0.4) is 0 Å². The van der Waals surface area contributed by atoms with Gasteiger partial charge in [0.1, 0.15) is 30.9 Å². The Morgan fingerprint density at radius 1 is 0.630 bits per heavy atom. The van der Waals surface area contributed by atoms with Crippen LogP contribution in [0.5, 0.6) is 0 Å². The van der Waals surface area contributed by atoms with E-state index >= 15 is 0 Å². The summed E-state index contributed by atoms with van der Waals surface area (Å²) in [6.45, 7) is 9.90. The molecular formula is C79H95F7N6O8. The van der Waals surface area contributed by atoms with Gasteiger partial charge in [0.05, 0.1) is 36.6 Å². The second-order valence-corrected chi connectivity index (χ2v) is 27.2. The van der Waals surface area contributed by atoms with Gasteiger partial charge in [-0.15, -0.1) is 0 Å². The molecule has 6 aromatic carbocycles. The van der Waals surface area contributed by atoms with Crippen molar-refractivity contribution in [3.8, 4) is 11.1 Å². The quantitative estimate of drug-likeness (QED) is 0.0279. The maximum absolute atomic E-state index is 14.0. The Labute approximate surface area is 583 Å². The van der Waals surface area contributed by atoms with Crippen LogP contribution in [0.25, 0.3) is 11.1 Å². The Morgan fingerprint density at radius 3 is 1.92 bits per heavy atom. The van der Waals surface area contributed by atoms with E-state index in [-0.39, 0.29) is 67.0 Å². The van der Waals surface area contributed by atoms with Crippen LogP contribution in [-0.4, -0.2) is 171 Å².